The maximum absolute atomic E-state index is 13.1. The minimum Gasteiger partial charge on any atom is -0.480 e. The monoisotopic (exact) mass is 348 g/mol. The number of fused-ring (bicyclic) bond motifs is 1. The number of carbonyl (C=O) groups excluding carboxylic acids is 1. The first-order valence-corrected chi connectivity index (χ1v) is 8.19. The smallest absolute Gasteiger partial charge is 0.326 e. The molecule has 2 heterocycles. The van der Waals surface area contributed by atoms with Crippen molar-refractivity contribution >= 4 is 11.9 Å². The van der Waals surface area contributed by atoms with E-state index in [1.807, 2.05) is 30.3 Å². The minimum absolute atomic E-state index is 0.277. The average Bonchev–Trinajstić information content (AvgIpc) is 3.21. The normalized spacial score (nSPS) is 16.2. The van der Waals surface area contributed by atoms with E-state index in [-0.39, 0.29) is 12.5 Å². The molecule has 1 aliphatic rings. The van der Waals surface area contributed by atoms with Crippen LogP contribution in [0.5, 0.6) is 0 Å². The first-order chi connectivity index (χ1) is 12.6. The molecule has 0 bridgehead atoms. The highest BCUT2D eigenvalue weighted by molar-refractivity contribution is 5.97. The molecule has 7 heteroatoms. The van der Waals surface area contributed by atoms with Gasteiger partial charge >= 0.3 is 5.97 Å². The fraction of sp³-hybridized carbons (Fsp3) is 0.158. The molecule has 1 aliphatic heterocycles. The summed E-state index contributed by atoms with van der Waals surface area (Å²) in [6, 6.07) is 13.7. The van der Waals surface area contributed by atoms with Gasteiger partial charge in [0.25, 0.3) is 5.91 Å². The Hall–Kier alpha value is -3.48. The minimum atomic E-state index is -1.000. The van der Waals surface area contributed by atoms with E-state index in [0.29, 0.717) is 17.7 Å². The van der Waals surface area contributed by atoms with Crippen molar-refractivity contribution in [3.05, 3.63) is 77.9 Å². The van der Waals surface area contributed by atoms with Crippen LogP contribution in [0.3, 0.4) is 0 Å². The van der Waals surface area contributed by atoms with E-state index in [1.165, 1.54) is 11.2 Å². The Morgan fingerprint density at radius 1 is 1.08 bits per heavy atom. The SMILES string of the molecule is O=C(O)[C@@H]1Cc2ccccc2CN1C(=O)c1cccc(-n2cncn2)c1. The van der Waals surface area contributed by atoms with E-state index >= 15 is 0 Å². The molecule has 0 radical (unpaired) electrons. The highest BCUT2D eigenvalue weighted by Crippen LogP contribution is 2.25. The predicted molar refractivity (Wildman–Crippen MR) is 92.8 cm³/mol. The average molecular weight is 348 g/mol. The number of nitrogens with zero attached hydrogens (tertiary/aromatic N) is 4. The number of amides is 1. The number of aliphatic carboxylic acids is 1. The molecule has 0 aliphatic carbocycles. The second kappa shape index (κ2) is 6.44. The van der Waals surface area contributed by atoms with E-state index in [2.05, 4.69) is 10.1 Å². The van der Waals surface area contributed by atoms with Crippen LogP contribution in [-0.4, -0.2) is 42.7 Å². The summed E-state index contributed by atoms with van der Waals surface area (Å²) in [6.07, 6.45) is 3.26. The van der Waals surface area contributed by atoms with Gasteiger partial charge in [-0.1, -0.05) is 30.3 Å². The van der Waals surface area contributed by atoms with Crippen molar-refractivity contribution in [2.24, 2.45) is 0 Å². The summed E-state index contributed by atoms with van der Waals surface area (Å²) in [6.45, 7) is 0.277. The van der Waals surface area contributed by atoms with Gasteiger partial charge in [0.1, 0.15) is 18.7 Å². The van der Waals surface area contributed by atoms with E-state index in [9.17, 15) is 14.7 Å². The Morgan fingerprint density at radius 3 is 2.62 bits per heavy atom. The van der Waals surface area contributed by atoms with Crippen LogP contribution < -0.4 is 0 Å². The van der Waals surface area contributed by atoms with Crippen molar-refractivity contribution < 1.29 is 14.7 Å². The molecule has 1 amide bonds. The fourth-order valence-electron chi connectivity index (χ4n) is 3.25. The summed E-state index contributed by atoms with van der Waals surface area (Å²) in [4.78, 5) is 30.1. The number of hydrogen-bond donors (Lipinski definition) is 1. The van der Waals surface area contributed by atoms with Crippen LogP contribution in [0.2, 0.25) is 0 Å². The fourth-order valence-corrected chi connectivity index (χ4v) is 3.25. The molecule has 0 spiro atoms. The van der Waals surface area contributed by atoms with Crippen molar-refractivity contribution in [2.75, 3.05) is 0 Å². The molecule has 26 heavy (non-hydrogen) atoms. The van der Waals surface area contributed by atoms with Crippen LogP contribution in [0.4, 0.5) is 0 Å². The number of rotatable bonds is 3. The molecule has 4 rings (SSSR count). The molecule has 0 saturated heterocycles. The molecule has 130 valence electrons. The van der Waals surface area contributed by atoms with Crippen molar-refractivity contribution in [1.29, 1.82) is 0 Å². The van der Waals surface area contributed by atoms with Gasteiger partial charge in [0.05, 0.1) is 5.69 Å². The van der Waals surface area contributed by atoms with Crippen molar-refractivity contribution in [3.8, 4) is 5.69 Å². The molecule has 1 atom stereocenters. The Morgan fingerprint density at radius 2 is 1.88 bits per heavy atom. The van der Waals surface area contributed by atoms with Crippen LogP contribution in [0, 0.1) is 0 Å². The first-order valence-electron chi connectivity index (χ1n) is 8.19. The van der Waals surface area contributed by atoms with E-state index in [4.69, 9.17) is 0 Å². The van der Waals surface area contributed by atoms with Crippen LogP contribution in [0.1, 0.15) is 21.5 Å². The van der Waals surface area contributed by atoms with Gasteiger partial charge in [0.15, 0.2) is 0 Å². The lowest BCUT2D eigenvalue weighted by atomic mass is 9.93. The van der Waals surface area contributed by atoms with Crippen LogP contribution in [-0.2, 0) is 17.8 Å². The van der Waals surface area contributed by atoms with Crippen molar-refractivity contribution in [3.63, 3.8) is 0 Å². The summed E-state index contributed by atoms with van der Waals surface area (Å²) in [5.74, 6) is -1.31. The molecule has 0 fully saturated rings. The van der Waals surface area contributed by atoms with E-state index in [0.717, 1.165) is 11.1 Å². The zero-order chi connectivity index (χ0) is 18.1. The lowest BCUT2D eigenvalue weighted by molar-refractivity contribution is -0.142. The zero-order valence-corrected chi connectivity index (χ0v) is 13.8. The summed E-state index contributed by atoms with van der Waals surface area (Å²) in [5, 5.41) is 13.7. The molecule has 3 aromatic rings. The van der Waals surface area contributed by atoms with Gasteiger partial charge in [-0.05, 0) is 29.3 Å². The number of benzene rings is 2. The Bertz CT molecular complexity index is 968. The third-order valence-electron chi connectivity index (χ3n) is 4.57. The lowest BCUT2D eigenvalue weighted by Crippen LogP contribution is -2.48. The van der Waals surface area contributed by atoms with Crippen molar-refractivity contribution in [2.45, 2.75) is 19.0 Å². The van der Waals surface area contributed by atoms with Crippen LogP contribution in [0.25, 0.3) is 5.69 Å². The number of carboxylic acid groups (broad SMARTS) is 1. The van der Waals surface area contributed by atoms with Crippen molar-refractivity contribution in [1.82, 2.24) is 19.7 Å². The molecule has 1 N–H and O–H groups in total. The second-order valence-corrected chi connectivity index (χ2v) is 6.15. The van der Waals surface area contributed by atoms with Gasteiger partial charge in [-0.2, -0.15) is 5.10 Å². The third-order valence-corrected chi connectivity index (χ3v) is 4.57. The molecule has 0 saturated carbocycles. The summed E-state index contributed by atoms with van der Waals surface area (Å²) < 4.78 is 1.55. The van der Waals surface area contributed by atoms with Crippen LogP contribution >= 0.6 is 0 Å². The second-order valence-electron chi connectivity index (χ2n) is 6.15. The number of carbonyl (C=O) groups is 2. The molecular formula is C19H16N4O3. The zero-order valence-electron chi connectivity index (χ0n) is 13.8. The lowest BCUT2D eigenvalue weighted by Gasteiger charge is -2.34. The largest absolute Gasteiger partial charge is 0.480 e. The van der Waals surface area contributed by atoms with Gasteiger partial charge < -0.3 is 10.0 Å². The van der Waals surface area contributed by atoms with Gasteiger partial charge in [-0.3, -0.25) is 4.79 Å². The number of aromatic nitrogens is 3. The van der Waals surface area contributed by atoms with E-state index < -0.39 is 12.0 Å². The molecular weight excluding hydrogens is 332 g/mol. The highest BCUT2D eigenvalue weighted by Gasteiger charge is 2.34. The maximum Gasteiger partial charge on any atom is 0.326 e. The summed E-state index contributed by atoms with van der Waals surface area (Å²) >= 11 is 0. The molecule has 0 unspecified atom stereocenters. The maximum atomic E-state index is 13.1. The summed E-state index contributed by atoms with van der Waals surface area (Å²) in [5.41, 5.74) is 3.06. The van der Waals surface area contributed by atoms with Gasteiger partial charge in [0.2, 0.25) is 0 Å². The van der Waals surface area contributed by atoms with Gasteiger partial charge in [0, 0.05) is 18.5 Å². The Labute approximate surface area is 149 Å². The number of carboxylic acids is 1. The predicted octanol–water partition coefficient (Wildman–Crippen LogP) is 1.92. The Kier molecular flexibility index (Phi) is 3.96. The quantitative estimate of drug-likeness (QED) is 0.781. The van der Waals surface area contributed by atoms with Gasteiger partial charge in [-0.25, -0.2) is 14.5 Å². The Balaban J connectivity index is 1.68. The molecule has 7 nitrogen and oxygen atoms in total. The molecule has 2 aromatic carbocycles. The first kappa shape index (κ1) is 16.0. The third kappa shape index (κ3) is 2.83. The topological polar surface area (TPSA) is 88.3 Å². The summed E-state index contributed by atoms with van der Waals surface area (Å²) in [7, 11) is 0. The standard InChI is InChI=1S/C19H16N4O3/c24-18(14-6-3-7-16(8-14)23-12-20-11-21-23)22-10-15-5-2-1-4-13(15)9-17(22)19(25)26/h1-8,11-12,17H,9-10H2,(H,25,26)/t17-/m0/s1. The molecule has 1 aromatic heterocycles. The van der Waals surface area contributed by atoms with Crippen LogP contribution in [0.15, 0.2) is 61.2 Å². The number of hydrogen-bond acceptors (Lipinski definition) is 4. The highest BCUT2D eigenvalue weighted by atomic mass is 16.4. The van der Waals surface area contributed by atoms with E-state index in [1.54, 1.807) is 29.2 Å². The van der Waals surface area contributed by atoms with Gasteiger partial charge in [-0.15, -0.1) is 0 Å².